The van der Waals surface area contributed by atoms with Crippen molar-refractivity contribution in [3.63, 3.8) is 0 Å². The number of aryl methyl sites for hydroxylation is 2. The third kappa shape index (κ3) is 10.5. The molecule has 0 spiro atoms. The molecule has 0 bridgehead atoms. The Hall–Kier alpha value is -3.02. The molecule has 0 unspecified atom stereocenters. The lowest BCUT2D eigenvalue weighted by molar-refractivity contribution is -0.121. The van der Waals surface area contributed by atoms with Gasteiger partial charge < -0.3 is 20.8 Å². The molecule has 0 aliphatic heterocycles. The summed E-state index contributed by atoms with van der Waals surface area (Å²) >= 11 is 0. The van der Waals surface area contributed by atoms with Crippen molar-refractivity contribution < 1.29 is 19.8 Å². The van der Waals surface area contributed by atoms with Crippen LogP contribution in [0.1, 0.15) is 205 Å². The number of benzene rings is 2. The minimum Gasteiger partial charge on any atom is -0.507 e. The van der Waals surface area contributed by atoms with Crippen LogP contribution in [0.4, 0.5) is 0 Å². The molecular weight excluding hydrogens is 633 g/mol. The van der Waals surface area contributed by atoms with Crippen molar-refractivity contribution in [1.82, 2.24) is 10.6 Å². The number of hydrogen-bond acceptors (Lipinski definition) is 4. The van der Waals surface area contributed by atoms with Crippen LogP contribution in [0.3, 0.4) is 0 Å². The molecule has 0 atom stereocenters. The SMILES string of the molecule is O=C(CCc1cc(C2CCCCC2)c(O)c(C2CCCCC2)c1)NCCCNC(=O)CCc1cc(C2CCCCC2)c(O)c(C2CCCCC2)c1. The maximum absolute atomic E-state index is 12.9. The Morgan fingerprint density at radius 1 is 0.471 bits per heavy atom. The van der Waals surface area contributed by atoms with Crippen molar-refractivity contribution in [2.45, 2.75) is 184 Å². The summed E-state index contributed by atoms with van der Waals surface area (Å²) in [6.07, 6.45) is 27.2. The van der Waals surface area contributed by atoms with E-state index in [0.29, 0.717) is 80.4 Å². The molecule has 4 aliphatic carbocycles. The van der Waals surface area contributed by atoms with E-state index in [1.165, 1.54) is 88.2 Å². The third-order valence-corrected chi connectivity index (χ3v) is 12.9. The van der Waals surface area contributed by atoms with E-state index in [2.05, 4.69) is 34.9 Å². The Morgan fingerprint density at radius 3 is 1.02 bits per heavy atom. The molecule has 6 rings (SSSR count). The van der Waals surface area contributed by atoms with Gasteiger partial charge in [0.2, 0.25) is 11.8 Å². The first-order valence-corrected chi connectivity index (χ1v) is 21.2. The molecule has 0 aromatic heterocycles. The largest absolute Gasteiger partial charge is 0.507 e. The highest BCUT2D eigenvalue weighted by molar-refractivity contribution is 5.77. The van der Waals surface area contributed by atoms with Gasteiger partial charge in [-0.3, -0.25) is 9.59 Å². The van der Waals surface area contributed by atoms with Crippen LogP contribution in [-0.2, 0) is 22.4 Å². The smallest absolute Gasteiger partial charge is 0.220 e. The summed E-state index contributed by atoms with van der Waals surface area (Å²) in [6, 6.07) is 8.80. The molecule has 2 amide bonds. The van der Waals surface area contributed by atoms with E-state index >= 15 is 0 Å². The summed E-state index contributed by atoms with van der Waals surface area (Å²) < 4.78 is 0. The van der Waals surface area contributed by atoms with Gasteiger partial charge in [0.05, 0.1) is 0 Å². The topological polar surface area (TPSA) is 98.7 Å². The number of hydrogen-bond donors (Lipinski definition) is 4. The van der Waals surface area contributed by atoms with Crippen LogP contribution in [0.15, 0.2) is 24.3 Å². The van der Waals surface area contributed by atoms with Crippen LogP contribution < -0.4 is 10.6 Å². The first-order valence-electron chi connectivity index (χ1n) is 21.2. The van der Waals surface area contributed by atoms with E-state index in [1.54, 1.807) is 0 Å². The van der Waals surface area contributed by atoms with Crippen molar-refractivity contribution >= 4 is 11.8 Å². The number of carbonyl (C=O) groups excluding carboxylic acids is 2. The van der Waals surface area contributed by atoms with Gasteiger partial charge in [0, 0.05) is 25.9 Å². The molecule has 280 valence electrons. The number of nitrogens with one attached hydrogen (secondary N) is 2. The van der Waals surface area contributed by atoms with Gasteiger partial charge in [0.1, 0.15) is 11.5 Å². The second-order valence-electron chi connectivity index (χ2n) is 16.6. The van der Waals surface area contributed by atoms with Gasteiger partial charge in [-0.15, -0.1) is 0 Å². The lowest BCUT2D eigenvalue weighted by Crippen LogP contribution is -2.30. The average molecular weight is 699 g/mol. The monoisotopic (exact) mass is 699 g/mol. The van der Waals surface area contributed by atoms with Crippen LogP contribution in [0.2, 0.25) is 0 Å². The zero-order chi connectivity index (χ0) is 35.4. The van der Waals surface area contributed by atoms with Crippen LogP contribution in [0.25, 0.3) is 0 Å². The maximum Gasteiger partial charge on any atom is 0.220 e. The van der Waals surface area contributed by atoms with Crippen LogP contribution in [-0.4, -0.2) is 35.1 Å². The van der Waals surface area contributed by atoms with E-state index in [9.17, 15) is 19.8 Å². The normalized spacial score (nSPS) is 19.9. The van der Waals surface area contributed by atoms with Crippen molar-refractivity contribution in [3.8, 4) is 11.5 Å². The average Bonchev–Trinajstić information content (AvgIpc) is 3.18. The Balaban J connectivity index is 0.951. The predicted octanol–water partition coefficient (Wildman–Crippen LogP) is 10.5. The molecule has 4 aliphatic rings. The molecule has 6 heteroatoms. The van der Waals surface area contributed by atoms with Crippen molar-refractivity contribution in [2.75, 3.05) is 13.1 Å². The fraction of sp³-hybridized carbons (Fsp3) is 0.689. The third-order valence-electron chi connectivity index (χ3n) is 12.9. The quantitative estimate of drug-likeness (QED) is 0.148. The molecule has 0 radical (unpaired) electrons. The molecule has 4 fully saturated rings. The highest BCUT2D eigenvalue weighted by atomic mass is 16.3. The second-order valence-corrected chi connectivity index (χ2v) is 16.6. The number of phenolic OH excluding ortho intramolecular Hbond substituents is 2. The Bertz CT molecular complexity index is 1240. The molecule has 2 aromatic rings. The summed E-state index contributed by atoms with van der Waals surface area (Å²) in [5, 5.41) is 28.9. The van der Waals surface area contributed by atoms with Crippen molar-refractivity contribution in [3.05, 3.63) is 57.6 Å². The fourth-order valence-corrected chi connectivity index (χ4v) is 9.91. The van der Waals surface area contributed by atoms with Crippen molar-refractivity contribution in [1.29, 1.82) is 0 Å². The summed E-state index contributed by atoms with van der Waals surface area (Å²) in [7, 11) is 0. The van der Waals surface area contributed by atoms with E-state index in [-0.39, 0.29) is 11.8 Å². The Kier molecular flexibility index (Phi) is 14.2. The molecule has 2 aromatic carbocycles. The number of aromatic hydroxyl groups is 2. The molecule has 4 N–H and O–H groups in total. The summed E-state index contributed by atoms with van der Waals surface area (Å²) in [4.78, 5) is 25.7. The van der Waals surface area contributed by atoms with Gasteiger partial charge in [-0.2, -0.15) is 0 Å². The van der Waals surface area contributed by atoms with E-state index in [4.69, 9.17) is 0 Å². The number of rotatable bonds is 14. The maximum atomic E-state index is 12.9. The lowest BCUT2D eigenvalue weighted by Gasteiger charge is -2.28. The summed E-state index contributed by atoms with van der Waals surface area (Å²) in [5.74, 6) is 2.91. The van der Waals surface area contributed by atoms with E-state index in [0.717, 1.165) is 73.6 Å². The van der Waals surface area contributed by atoms with E-state index in [1.807, 2.05) is 0 Å². The van der Waals surface area contributed by atoms with Crippen LogP contribution in [0, 0.1) is 0 Å². The van der Waals surface area contributed by atoms with Gasteiger partial charge in [0.25, 0.3) is 0 Å². The zero-order valence-electron chi connectivity index (χ0n) is 31.4. The standard InChI is InChI=1S/C45H66N2O4/c48-42(24-22-32-28-38(34-14-5-1-6-15-34)44(50)39(29-32)35-16-7-2-8-17-35)46-26-13-27-47-43(49)25-23-33-30-40(36-18-9-3-10-19-36)45(51)41(31-33)37-20-11-4-12-21-37/h28-31,34-37,50-51H,1-27H2,(H,46,48)(H,47,49). The molecule has 0 saturated heterocycles. The van der Waals surface area contributed by atoms with Crippen LogP contribution in [0.5, 0.6) is 11.5 Å². The Labute approximate surface area is 308 Å². The van der Waals surface area contributed by atoms with Gasteiger partial charge in [-0.05, 0) is 128 Å². The van der Waals surface area contributed by atoms with Crippen LogP contribution >= 0.6 is 0 Å². The fourth-order valence-electron chi connectivity index (χ4n) is 9.91. The Morgan fingerprint density at radius 2 is 0.745 bits per heavy atom. The van der Waals surface area contributed by atoms with Gasteiger partial charge in [0.15, 0.2) is 0 Å². The number of amides is 2. The molecule has 0 heterocycles. The zero-order valence-corrected chi connectivity index (χ0v) is 31.4. The van der Waals surface area contributed by atoms with Gasteiger partial charge in [-0.25, -0.2) is 0 Å². The minimum absolute atomic E-state index is 0.0442. The van der Waals surface area contributed by atoms with Gasteiger partial charge in [-0.1, -0.05) is 101 Å². The van der Waals surface area contributed by atoms with Crippen molar-refractivity contribution in [2.24, 2.45) is 0 Å². The molecular formula is C45H66N2O4. The summed E-state index contributed by atoms with van der Waals surface area (Å²) in [5.41, 5.74) is 6.88. The summed E-state index contributed by atoms with van der Waals surface area (Å²) in [6.45, 7) is 1.09. The highest BCUT2D eigenvalue weighted by Crippen LogP contribution is 2.46. The second kappa shape index (κ2) is 19.2. The van der Waals surface area contributed by atoms with Gasteiger partial charge >= 0.3 is 0 Å². The molecule has 4 saturated carbocycles. The lowest BCUT2D eigenvalue weighted by atomic mass is 9.78. The molecule has 6 nitrogen and oxygen atoms in total. The number of phenols is 2. The first-order chi connectivity index (χ1) is 25.0. The molecule has 51 heavy (non-hydrogen) atoms. The number of carbonyl (C=O) groups is 2. The first kappa shape index (κ1) is 37.7. The van der Waals surface area contributed by atoms with E-state index < -0.39 is 0 Å². The highest BCUT2D eigenvalue weighted by Gasteiger charge is 2.27. The minimum atomic E-state index is 0.0442. The predicted molar refractivity (Wildman–Crippen MR) is 207 cm³/mol.